The van der Waals surface area contributed by atoms with E-state index in [4.69, 9.17) is 5.73 Å². The lowest BCUT2D eigenvalue weighted by molar-refractivity contribution is -0.119. The van der Waals surface area contributed by atoms with Gasteiger partial charge in [0.1, 0.15) is 5.69 Å². The van der Waals surface area contributed by atoms with Crippen molar-refractivity contribution in [3.05, 3.63) is 36.2 Å². The number of nitrogens with two attached hydrogens (primary N) is 1. The number of carbonyl (C=O) groups excluding carboxylic acids is 2. The van der Waals surface area contributed by atoms with Crippen LogP contribution in [0.2, 0.25) is 0 Å². The number of benzene rings is 1. The van der Waals surface area contributed by atoms with Crippen LogP contribution in [-0.2, 0) is 14.8 Å². The van der Waals surface area contributed by atoms with Gasteiger partial charge >= 0.3 is 0 Å². The molecule has 3 N–H and O–H groups in total. The van der Waals surface area contributed by atoms with Gasteiger partial charge < -0.3 is 5.73 Å². The van der Waals surface area contributed by atoms with Crippen LogP contribution in [0.25, 0.3) is 10.8 Å². The van der Waals surface area contributed by atoms with Crippen LogP contribution < -0.4 is 10.5 Å². The van der Waals surface area contributed by atoms with Gasteiger partial charge in [-0.1, -0.05) is 26.0 Å². The molecule has 1 aromatic heterocycles. The van der Waals surface area contributed by atoms with Gasteiger partial charge in [0.05, 0.1) is 4.90 Å². The first-order chi connectivity index (χ1) is 11.2. The average Bonchev–Trinajstić information content (AvgIpc) is 2.51. The molecule has 0 radical (unpaired) electrons. The second kappa shape index (κ2) is 6.96. The van der Waals surface area contributed by atoms with Gasteiger partial charge in [-0.05, 0) is 29.9 Å². The van der Waals surface area contributed by atoms with Crippen molar-refractivity contribution in [3.8, 4) is 0 Å². The molecular formula is C16H19N3O4S. The van der Waals surface area contributed by atoms with Crippen LogP contribution in [0, 0.1) is 5.92 Å². The molecule has 128 valence electrons. The number of aromatic nitrogens is 1. The topological polar surface area (TPSA) is 119 Å². The molecule has 0 atom stereocenters. The van der Waals surface area contributed by atoms with Gasteiger partial charge in [-0.25, -0.2) is 13.1 Å². The average molecular weight is 349 g/mol. The summed E-state index contributed by atoms with van der Waals surface area (Å²) in [5.74, 6) is -0.956. The van der Waals surface area contributed by atoms with Crippen LogP contribution in [0.4, 0.5) is 0 Å². The molecule has 0 unspecified atom stereocenters. The molecule has 8 heteroatoms. The fraction of sp³-hybridized carbons (Fsp3) is 0.312. The maximum absolute atomic E-state index is 12.5. The minimum absolute atomic E-state index is 0.0398. The van der Waals surface area contributed by atoms with E-state index in [0.717, 1.165) is 0 Å². The van der Waals surface area contributed by atoms with Crippen molar-refractivity contribution in [2.45, 2.75) is 31.6 Å². The number of primary amides is 1. The molecular weight excluding hydrogens is 330 g/mol. The Morgan fingerprint density at radius 2 is 2.00 bits per heavy atom. The van der Waals surface area contributed by atoms with Gasteiger partial charge in [0.25, 0.3) is 15.9 Å². The number of nitrogens with one attached hydrogen (secondary N) is 1. The van der Waals surface area contributed by atoms with Gasteiger partial charge in [-0.3, -0.25) is 14.6 Å². The Bertz CT molecular complexity index is 891. The van der Waals surface area contributed by atoms with Crippen LogP contribution in [0.1, 0.15) is 37.2 Å². The van der Waals surface area contributed by atoms with Crippen LogP contribution >= 0.6 is 0 Å². The summed E-state index contributed by atoms with van der Waals surface area (Å²) >= 11 is 0. The summed E-state index contributed by atoms with van der Waals surface area (Å²) in [4.78, 5) is 26.8. The molecule has 1 heterocycles. The van der Waals surface area contributed by atoms with Crippen molar-refractivity contribution in [2.24, 2.45) is 11.7 Å². The standard InChI is InChI=1S/C16H19N3O4S/c1-10(2)6-7-15(20)19-24(22,23)14-5-3-4-11-8-13(16(17)21)18-9-12(11)14/h3-5,8-10H,6-7H2,1-2H3,(H2,17,21)(H,19,20). The van der Waals surface area contributed by atoms with Crippen molar-refractivity contribution < 1.29 is 18.0 Å². The van der Waals surface area contributed by atoms with Crippen LogP contribution in [0.15, 0.2) is 35.4 Å². The smallest absolute Gasteiger partial charge is 0.267 e. The molecule has 0 saturated heterocycles. The SMILES string of the molecule is CC(C)CCC(=O)NS(=O)(=O)c1cccc2cc(C(N)=O)ncc12. The second-order valence-electron chi connectivity index (χ2n) is 5.87. The normalized spacial score (nSPS) is 11.6. The van der Waals surface area contributed by atoms with E-state index in [2.05, 4.69) is 9.71 Å². The largest absolute Gasteiger partial charge is 0.364 e. The maximum atomic E-state index is 12.5. The third-order valence-electron chi connectivity index (χ3n) is 3.46. The summed E-state index contributed by atoms with van der Waals surface area (Å²) in [6.45, 7) is 3.91. The number of carbonyl (C=O) groups is 2. The zero-order valence-electron chi connectivity index (χ0n) is 13.4. The van der Waals surface area contributed by atoms with Crippen molar-refractivity contribution in [3.63, 3.8) is 0 Å². The molecule has 7 nitrogen and oxygen atoms in total. The van der Waals surface area contributed by atoms with E-state index in [0.29, 0.717) is 23.1 Å². The molecule has 2 amide bonds. The number of hydrogen-bond donors (Lipinski definition) is 2. The first kappa shape index (κ1) is 17.9. The molecule has 24 heavy (non-hydrogen) atoms. The predicted octanol–water partition coefficient (Wildman–Crippen LogP) is 1.57. The lowest BCUT2D eigenvalue weighted by Gasteiger charge is -2.10. The van der Waals surface area contributed by atoms with E-state index in [1.807, 2.05) is 13.8 Å². The highest BCUT2D eigenvalue weighted by atomic mass is 32.2. The number of fused-ring (bicyclic) bond motifs is 1. The van der Waals surface area contributed by atoms with Gasteiger partial charge in [0.2, 0.25) is 5.91 Å². The third-order valence-corrected chi connectivity index (χ3v) is 4.90. The number of hydrogen-bond acceptors (Lipinski definition) is 5. The third kappa shape index (κ3) is 4.08. The summed E-state index contributed by atoms with van der Waals surface area (Å²) in [7, 11) is -4.02. The molecule has 0 fully saturated rings. The van der Waals surface area contributed by atoms with Crippen LogP contribution in [0.3, 0.4) is 0 Å². The molecule has 0 spiro atoms. The summed E-state index contributed by atoms with van der Waals surface area (Å²) in [5.41, 5.74) is 5.22. The summed E-state index contributed by atoms with van der Waals surface area (Å²) in [6.07, 6.45) is 1.99. The molecule has 2 aromatic rings. The van der Waals surface area contributed by atoms with E-state index >= 15 is 0 Å². The molecule has 2 rings (SSSR count). The highest BCUT2D eigenvalue weighted by Crippen LogP contribution is 2.23. The predicted molar refractivity (Wildman–Crippen MR) is 89.7 cm³/mol. The van der Waals surface area contributed by atoms with Crippen LogP contribution in [-0.4, -0.2) is 25.2 Å². The fourth-order valence-corrected chi connectivity index (χ4v) is 3.42. The van der Waals surface area contributed by atoms with Crippen molar-refractivity contribution in [1.29, 1.82) is 0 Å². The van der Waals surface area contributed by atoms with Gasteiger partial charge in [0.15, 0.2) is 0 Å². The van der Waals surface area contributed by atoms with E-state index < -0.39 is 21.8 Å². The summed E-state index contributed by atoms with van der Waals surface area (Å²) in [5, 5.41) is 0.808. The lowest BCUT2D eigenvalue weighted by atomic mass is 10.1. The number of rotatable bonds is 6. The second-order valence-corrected chi connectivity index (χ2v) is 7.52. The van der Waals surface area contributed by atoms with Crippen molar-refractivity contribution >= 4 is 32.6 Å². The Morgan fingerprint density at radius 1 is 1.29 bits per heavy atom. The van der Waals surface area contributed by atoms with Gasteiger partial charge in [-0.2, -0.15) is 0 Å². The highest BCUT2D eigenvalue weighted by molar-refractivity contribution is 7.90. The van der Waals surface area contributed by atoms with E-state index in [9.17, 15) is 18.0 Å². The summed E-state index contributed by atoms with van der Waals surface area (Å²) < 4.78 is 27.0. The van der Waals surface area contributed by atoms with Crippen LogP contribution in [0.5, 0.6) is 0 Å². The number of amides is 2. The Balaban J connectivity index is 2.36. The first-order valence-electron chi connectivity index (χ1n) is 7.45. The van der Waals surface area contributed by atoms with E-state index in [1.165, 1.54) is 24.4 Å². The molecule has 0 bridgehead atoms. The zero-order valence-corrected chi connectivity index (χ0v) is 14.3. The number of pyridine rings is 1. The first-order valence-corrected chi connectivity index (χ1v) is 8.93. The van der Waals surface area contributed by atoms with Crippen molar-refractivity contribution in [2.75, 3.05) is 0 Å². The monoisotopic (exact) mass is 349 g/mol. The Hall–Kier alpha value is -2.48. The number of sulfonamides is 1. The molecule has 0 aliphatic rings. The zero-order chi connectivity index (χ0) is 17.9. The van der Waals surface area contributed by atoms with Gasteiger partial charge in [0, 0.05) is 18.0 Å². The summed E-state index contributed by atoms with van der Waals surface area (Å²) in [6, 6.07) is 5.96. The Kier molecular flexibility index (Phi) is 5.18. The van der Waals surface area contributed by atoms with Crippen molar-refractivity contribution in [1.82, 2.24) is 9.71 Å². The lowest BCUT2D eigenvalue weighted by Crippen LogP contribution is -2.30. The highest BCUT2D eigenvalue weighted by Gasteiger charge is 2.20. The molecule has 0 aliphatic carbocycles. The fourth-order valence-electron chi connectivity index (χ4n) is 2.19. The minimum atomic E-state index is -4.02. The van der Waals surface area contributed by atoms with Gasteiger partial charge in [-0.15, -0.1) is 0 Å². The molecule has 0 saturated carbocycles. The van der Waals surface area contributed by atoms with E-state index in [1.54, 1.807) is 6.07 Å². The minimum Gasteiger partial charge on any atom is -0.364 e. The van der Waals surface area contributed by atoms with E-state index in [-0.39, 0.29) is 17.0 Å². The Morgan fingerprint density at radius 3 is 2.62 bits per heavy atom. The Labute approximate surface area is 140 Å². The molecule has 0 aliphatic heterocycles. The maximum Gasteiger partial charge on any atom is 0.267 e. The molecule has 1 aromatic carbocycles. The number of nitrogens with zero attached hydrogens (tertiary/aromatic N) is 1. The quantitative estimate of drug-likeness (QED) is 0.820.